The molecule has 0 rings (SSSR count). The summed E-state index contributed by atoms with van der Waals surface area (Å²) in [6, 6.07) is 0. The van der Waals surface area contributed by atoms with Crippen molar-refractivity contribution in [3.63, 3.8) is 0 Å². The average Bonchev–Trinajstić information content (AvgIpc) is 2.00. The zero-order valence-corrected chi connectivity index (χ0v) is 12.3. The molecule has 0 unspecified atom stereocenters. The number of hydrogen-bond donors (Lipinski definition) is 0. The predicted octanol–water partition coefficient (Wildman–Crippen LogP) is -2.97. The van der Waals surface area contributed by atoms with Crippen LogP contribution in [-0.4, -0.2) is 40.4 Å². The molecule has 0 aromatic carbocycles. The molecule has 0 aliphatic carbocycles. The van der Waals surface area contributed by atoms with Gasteiger partial charge < -0.3 is 29.7 Å². The fraction of sp³-hybridized carbons (Fsp3) is 0.444. The van der Waals surface area contributed by atoms with Gasteiger partial charge in [0, 0.05) is 17.9 Å². The molecule has 0 amide bonds. The molecule has 0 radical (unpaired) electrons. The van der Waals surface area contributed by atoms with E-state index in [4.69, 9.17) is 29.7 Å². The number of carbonyl (C=O) groups is 3. The Morgan fingerprint density at radius 3 is 1.06 bits per heavy atom. The molecule has 0 N–H and O–H groups in total. The van der Waals surface area contributed by atoms with Crippen molar-refractivity contribution < 1.29 is 29.7 Å². The van der Waals surface area contributed by atoms with Crippen LogP contribution in [-0.2, 0) is 14.4 Å². The number of carboxylic acid groups (broad SMARTS) is 3. The van der Waals surface area contributed by atoms with E-state index in [2.05, 4.69) is 6.58 Å². The van der Waals surface area contributed by atoms with Gasteiger partial charge >= 0.3 is 39.6 Å². The van der Waals surface area contributed by atoms with E-state index in [1.165, 1.54) is 4.44 Å². The van der Waals surface area contributed by atoms with Gasteiger partial charge in [0.2, 0.25) is 0 Å². The molecule has 0 aromatic rings. The van der Waals surface area contributed by atoms with Crippen molar-refractivity contribution in [2.24, 2.45) is 0 Å². The SMILES string of the molecule is C=C[CH2][Sn+3].CC(=O)[O-].CC(=O)[O-].CC(=O)[O-]. The number of carbonyl (C=O) groups excluding carboxylic acids is 3. The molecule has 0 aliphatic heterocycles. The second kappa shape index (κ2) is 23.6. The van der Waals surface area contributed by atoms with E-state index < -0.39 is 17.9 Å². The van der Waals surface area contributed by atoms with Crippen LogP contribution in [0.25, 0.3) is 0 Å². The number of aliphatic carboxylic acids is 3. The van der Waals surface area contributed by atoms with Crippen molar-refractivity contribution in [3.8, 4) is 0 Å². The first-order valence-electron chi connectivity index (χ1n) is 3.89. The van der Waals surface area contributed by atoms with Crippen molar-refractivity contribution in [1.82, 2.24) is 0 Å². The van der Waals surface area contributed by atoms with Crippen LogP contribution in [0.5, 0.6) is 0 Å². The summed E-state index contributed by atoms with van der Waals surface area (Å²) in [5, 5.41) is 26.7. The Morgan fingerprint density at radius 1 is 1.00 bits per heavy atom. The summed E-state index contributed by atoms with van der Waals surface area (Å²) in [4.78, 5) is 26.7. The van der Waals surface area contributed by atoms with Gasteiger partial charge in [-0.1, -0.05) is 0 Å². The Balaban J connectivity index is -0.0000000600. The van der Waals surface area contributed by atoms with Gasteiger partial charge in [-0.2, -0.15) is 0 Å². The van der Waals surface area contributed by atoms with Crippen molar-refractivity contribution in [2.45, 2.75) is 25.2 Å². The fourth-order valence-corrected chi connectivity index (χ4v) is 0. The van der Waals surface area contributed by atoms with E-state index in [1.54, 1.807) is 22.5 Å². The molecule has 0 saturated heterocycles. The smallest absolute Gasteiger partial charge is 0.0383 e. The molecule has 0 aromatic heterocycles. The van der Waals surface area contributed by atoms with E-state index in [0.717, 1.165) is 20.8 Å². The maximum atomic E-state index is 8.89. The zero-order chi connectivity index (χ0) is 14.1. The fourth-order valence-electron chi connectivity index (χ4n) is 0. The molecule has 0 atom stereocenters. The Labute approximate surface area is 108 Å². The summed E-state index contributed by atoms with van der Waals surface area (Å²) in [6.07, 6.45) is 1.92. The van der Waals surface area contributed by atoms with Gasteiger partial charge in [0.1, 0.15) is 0 Å². The van der Waals surface area contributed by atoms with Gasteiger partial charge in [-0.25, -0.2) is 0 Å². The molecular weight excluding hydrogens is 323 g/mol. The van der Waals surface area contributed by atoms with Crippen molar-refractivity contribution in [1.29, 1.82) is 0 Å². The molecule has 0 bridgehead atoms. The van der Waals surface area contributed by atoms with Crippen LogP contribution in [0.15, 0.2) is 12.7 Å². The van der Waals surface area contributed by atoms with E-state index >= 15 is 0 Å². The maximum Gasteiger partial charge on any atom is 0.0383 e. The zero-order valence-electron chi connectivity index (χ0n) is 9.44. The number of carboxylic acids is 3. The number of rotatable bonds is 1. The third-order valence-corrected chi connectivity index (χ3v) is 0.968. The Hall–Kier alpha value is -1.05. The summed E-state index contributed by atoms with van der Waals surface area (Å²) >= 11 is 1.55. The molecule has 0 aliphatic rings. The van der Waals surface area contributed by atoms with Gasteiger partial charge in [0.25, 0.3) is 0 Å². The molecule has 0 heterocycles. The summed E-state index contributed by atoms with van der Waals surface area (Å²) in [5.74, 6) is -3.25. The molecule has 7 heteroatoms. The van der Waals surface area contributed by atoms with E-state index in [9.17, 15) is 0 Å². The van der Waals surface area contributed by atoms with Crippen molar-refractivity contribution in [2.75, 3.05) is 0 Å². The number of hydrogen-bond acceptors (Lipinski definition) is 6. The average molecular weight is 337 g/mol. The molecular formula is C9H14O6Sn. The molecule has 6 nitrogen and oxygen atoms in total. The largest absolute Gasteiger partial charge is 0.550 e. The number of allylic oxidation sites excluding steroid dienone is 1. The quantitative estimate of drug-likeness (QED) is 0.372. The first-order valence-corrected chi connectivity index (χ1v) is 5.91. The molecule has 0 spiro atoms. The Bertz CT molecular complexity index is 162. The first-order chi connectivity index (χ1) is 7.11. The van der Waals surface area contributed by atoms with Crippen molar-refractivity contribution >= 4 is 40.4 Å². The molecule has 0 fully saturated rings. The van der Waals surface area contributed by atoms with Gasteiger partial charge in [0.15, 0.2) is 0 Å². The van der Waals surface area contributed by atoms with Crippen molar-refractivity contribution in [3.05, 3.63) is 12.7 Å². The second-order valence-corrected chi connectivity index (χ2v) is 3.13. The van der Waals surface area contributed by atoms with Crippen LogP contribution in [0.3, 0.4) is 0 Å². The minimum atomic E-state index is -1.08. The van der Waals surface area contributed by atoms with E-state index in [1.807, 2.05) is 6.08 Å². The van der Waals surface area contributed by atoms with E-state index in [-0.39, 0.29) is 0 Å². The summed E-state index contributed by atoms with van der Waals surface area (Å²) in [6.45, 7) is 6.42. The third-order valence-electron chi connectivity index (χ3n) is 0.144. The van der Waals surface area contributed by atoms with Crippen LogP contribution in [0.4, 0.5) is 0 Å². The minimum absolute atomic E-state index is 0.972. The molecule has 16 heavy (non-hydrogen) atoms. The maximum absolute atomic E-state index is 8.89. The van der Waals surface area contributed by atoms with Crippen LogP contribution in [0.1, 0.15) is 20.8 Å². The molecule has 0 saturated carbocycles. The Morgan fingerprint density at radius 2 is 1.06 bits per heavy atom. The summed E-state index contributed by atoms with van der Waals surface area (Å²) in [5.41, 5.74) is 0. The van der Waals surface area contributed by atoms with E-state index in [0.29, 0.717) is 0 Å². The second-order valence-electron chi connectivity index (χ2n) is 1.97. The molecule has 90 valence electrons. The van der Waals surface area contributed by atoms with Crippen LogP contribution >= 0.6 is 0 Å². The monoisotopic (exact) mass is 338 g/mol. The summed E-state index contributed by atoms with van der Waals surface area (Å²) in [7, 11) is 0. The Kier molecular flexibility index (Phi) is 35.8. The third kappa shape index (κ3) is 703000. The topological polar surface area (TPSA) is 120 Å². The van der Waals surface area contributed by atoms with Gasteiger partial charge in [0.05, 0.1) is 0 Å². The van der Waals surface area contributed by atoms with Crippen LogP contribution in [0.2, 0.25) is 4.44 Å². The van der Waals surface area contributed by atoms with Crippen LogP contribution in [0, 0.1) is 0 Å². The minimum Gasteiger partial charge on any atom is -0.550 e. The standard InChI is InChI=1S/C3H5.3C2H4O2.Sn/c1-3-2;3*1-2(3)4;/h3H,1-2H2;3*1H3,(H,3,4);/q;;;;+3/p-3. The predicted molar refractivity (Wildman–Crippen MR) is 52.8 cm³/mol. The van der Waals surface area contributed by atoms with Gasteiger partial charge in [-0.15, -0.1) is 0 Å². The first kappa shape index (κ1) is 24.3. The van der Waals surface area contributed by atoms with Crippen LogP contribution < -0.4 is 15.3 Å². The summed E-state index contributed by atoms with van der Waals surface area (Å²) < 4.78 is 1.17. The van der Waals surface area contributed by atoms with Gasteiger partial charge in [-0.3, -0.25) is 0 Å². The normalized spacial score (nSPS) is 6.31. The van der Waals surface area contributed by atoms with Gasteiger partial charge in [-0.05, 0) is 20.8 Å².